The van der Waals surface area contributed by atoms with Crippen molar-refractivity contribution in [1.29, 1.82) is 0 Å². The molecule has 2 heterocycles. The molecule has 2 aliphatic heterocycles. The smallest absolute Gasteiger partial charge is 0.208 e. The van der Waals surface area contributed by atoms with Crippen LogP contribution >= 0.6 is 0 Å². The van der Waals surface area contributed by atoms with E-state index in [2.05, 4.69) is 14.9 Å². The normalized spacial score (nSPS) is 28.6. The van der Waals surface area contributed by atoms with E-state index in [4.69, 9.17) is 0 Å². The predicted octanol–water partition coefficient (Wildman–Crippen LogP) is -0.390. The van der Waals surface area contributed by atoms with Crippen LogP contribution < -0.4 is 10.0 Å². The molecule has 5 nitrogen and oxygen atoms in total. The summed E-state index contributed by atoms with van der Waals surface area (Å²) in [5.41, 5.74) is 0. The summed E-state index contributed by atoms with van der Waals surface area (Å²) in [4.78, 5) is 2.40. The first kappa shape index (κ1) is 13.3. The average molecular weight is 261 g/mol. The number of rotatable bonds is 4. The van der Waals surface area contributed by atoms with Crippen LogP contribution in [0.3, 0.4) is 0 Å². The molecule has 0 radical (unpaired) electrons. The fraction of sp³-hybridized carbons (Fsp3) is 1.00. The molecular weight excluding hydrogens is 238 g/mol. The zero-order valence-electron chi connectivity index (χ0n) is 10.5. The van der Waals surface area contributed by atoms with Gasteiger partial charge in [0.2, 0.25) is 10.0 Å². The fourth-order valence-corrected chi connectivity index (χ4v) is 3.62. The van der Waals surface area contributed by atoms with Crippen molar-refractivity contribution in [2.24, 2.45) is 5.92 Å². The molecule has 0 aromatic rings. The first-order valence-corrected chi connectivity index (χ1v) is 8.32. The van der Waals surface area contributed by atoms with E-state index in [1.807, 2.05) is 0 Å². The summed E-state index contributed by atoms with van der Waals surface area (Å²) >= 11 is 0. The van der Waals surface area contributed by atoms with Crippen LogP contribution in [0.5, 0.6) is 0 Å². The Labute approximate surface area is 104 Å². The third-order valence-electron chi connectivity index (χ3n) is 3.63. The lowest BCUT2D eigenvalue weighted by Gasteiger charge is -2.27. The summed E-state index contributed by atoms with van der Waals surface area (Å²) < 4.78 is 25.0. The number of nitrogens with one attached hydrogen (secondary N) is 2. The van der Waals surface area contributed by atoms with Crippen molar-refractivity contribution in [3.05, 3.63) is 0 Å². The van der Waals surface area contributed by atoms with Crippen molar-refractivity contribution >= 4 is 10.0 Å². The van der Waals surface area contributed by atoms with E-state index in [0.717, 1.165) is 45.1 Å². The summed E-state index contributed by atoms with van der Waals surface area (Å²) in [6.07, 6.45) is 4.68. The molecule has 2 saturated heterocycles. The van der Waals surface area contributed by atoms with Crippen LogP contribution in [0.4, 0.5) is 0 Å². The third-order valence-corrected chi connectivity index (χ3v) is 4.39. The maximum Gasteiger partial charge on any atom is 0.208 e. The minimum atomic E-state index is -3.05. The highest BCUT2D eigenvalue weighted by atomic mass is 32.2. The van der Waals surface area contributed by atoms with Crippen molar-refractivity contribution in [3.63, 3.8) is 0 Å². The molecule has 0 bridgehead atoms. The molecule has 0 aliphatic carbocycles. The molecule has 100 valence electrons. The van der Waals surface area contributed by atoms with E-state index in [9.17, 15) is 8.42 Å². The largest absolute Gasteiger partial charge is 0.317 e. The molecule has 0 aromatic heterocycles. The number of likely N-dealkylation sites (tertiary alicyclic amines) is 1. The summed E-state index contributed by atoms with van der Waals surface area (Å²) in [7, 11) is -3.05. The topological polar surface area (TPSA) is 61.4 Å². The number of piperidine rings is 1. The van der Waals surface area contributed by atoms with Crippen LogP contribution in [0.25, 0.3) is 0 Å². The standard InChI is InChI=1S/C11H23N3O2S/c1-17(15,16)13-11-4-7-14(9-11)8-10-2-5-12-6-3-10/h10-13H,2-9H2,1H3. The van der Waals surface area contributed by atoms with Crippen LogP contribution in [-0.2, 0) is 10.0 Å². The van der Waals surface area contributed by atoms with Gasteiger partial charge in [-0.3, -0.25) is 0 Å². The molecule has 1 unspecified atom stereocenters. The minimum absolute atomic E-state index is 0.117. The van der Waals surface area contributed by atoms with Crippen molar-refractivity contribution in [3.8, 4) is 0 Å². The Morgan fingerprint density at radius 1 is 1.29 bits per heavy atom. The van der Waals surface area contributed by atoms with Crippen molar-refractivity contribution in [1.82, 2.24) is 14.9 Å². The van der Waals surface area contributed by atoms with Gasteiger partial charge in [0.25, 0.3) is 0 Å². The molecule has 2 aliphatic rings. The van der Waals surface area contributed by atoms with Crippen molar-refractivity contribution in [2.45, 2.75) is 25.3 Å². The van der Waals surface area contributed by atoms with Gasteiger partial charge in [-0.25, -0.2) is 13.1 Å². The fourth-order valence-electron chi connectivity index (χ4n) is 2.83. The Bertz CT molecular complexity index is 339. The second-order valence-corrected chi connectivity index (χ2v) is 7.11. The van der Waals surface area contributed by atoms with Crippen LogP contribution in [0.15, 0.2) is 0 Å². The van der Waals surface area contributed by atoms with Gasteiger partial charge in [0.1, 0.15) is 0 Å². The molecule has 0 aromatic carbocycles. The molecule has 2 rings (SSSR count). The molecule has 0 spiro atoms. The monoisotopic (exact) mass is 261 g/mol. The highest BCUT2D eigenvalue weighted by molar-refractivity contribution is 7.88. The van der Waals surface area contributed by atoms with Crippen LogP contribution in [0, 0.1) is 5.92 Å². The van der Waals surface area contributed by atoms with E-state index in [-0.39, 0.29) is 6.04 Å². The number of sulfonamides is 1. The lowest BCUT2D eigenvalue weighted by Crippen LogP contribution is -2.39. The summed E-state index contributed by atoms with van der Waals surface area (Å²) in [5.74, 6) is 0.785. The highest BCUT2D eigenvalue weighted by Crippen LogP contribution is 2.17. The molecule has 2 N–H and O–H groups in total. The third kappa shape index (κ3) is 4.54. The van der Waals surface area contributed by atoms with Gasteiger partial charge in [-0.2, -0.15) is 0 Å². The lowest BCUT2D eigenvalue weighted by molar-refractivity contribution is 0.238. The van der Waals surface area contributed by atoms with E-state index in [0.29, 0.717) is 0 Å². The van der Waals surface area contributed by atoms with Crippen LogP contribution in [-0.4, -0.2) is 58.3 Å². The first-order chi connectivity index (χ1) is 8.03. The van der Waals surface area contributed by atoms with Gasteiger partial charge in [0.05, 0.1) is 6.26 Å². The first-order valence-electron chi connectivity index (χ1n) is 6.43. The Balaban J connectivity index is 1.73. The summed E-state index contributed by atoms with van der Waals surface area (Å²) in [5, 5.41) is 3.37. The van der Waals surface area contributed by atoms with E-state index < -0.39 is 10.0 Å². The minimum Gasteiger partial charge on any atom is -0.317 e. The maximum atomic E-state index is 11.1. The van der Waals surface area contributed by atoms with Gasteiger partial charge in [-0.15, -0.1) is 0 Å². The van der Waals surface area contributed by atoms with Gasteiger partial charge >= 0.3 is 0 Å². The lowest BCUT2D eigenvalue weighted by atomic mass is 9.98. The Kier molecular flexibility index (Phi) is 4.41. The predicted molar refractivity (Wildman–Crippen MR) is 68.4 cm³/mol. The maximum absolute atomic E-state index is 11.1. The van der Waals surface area contributed by atoms with Crippen molar-refractivity contribution in [2.75, 3.05) is 39.0 Å². The molecule has 0 amide bonds. The van der Waals surface area contributed by atoms with E-state index >= 15 is 0 Å². The summed E-state index contributed by atoms with van der Waals surface area (Å²) in [6, 6.07) is 0.117. The SMILES string of the molecule is CS(=O)(=O)NC1CCN(CC2CCNCC2)C1. The number of hydrogen-bond donors (Lipinski definition) is 2. The Hall–Kier alpha value is -0.170. The Morgan fingerprint density at radius 2 is 2.00 bits per heavy atom. The highest BCUT2D eigenvalue weighted by Gasteiger charge is 2.26. The summed E-state index contributed by atoms with van der Waals surface area (Å²) in [6.45, 7) is 5.28. The van der Waals surface area contributed by atoms with Gasteiger partial charge in [-0.1, -0.05) is 0 Å². The molecule has 6 heteroatoms. The van der Waals surface area contributed by atoms with Crippen LogP contribution in [0.1, 0.15) is 19.3 Å². The second-order valence-electron chi connectivity index (χ2n) is 5.33. The quantitative estimate of drug-likeness (QED) is 0.723. The van der Waals surface area contributed by atoms with Gasteiger partial charge < -0.3 is 10.2 Å². The van der Waals surface area contributed by atoms with Gasteiger partial charge in [0, 0.05) is 19.1 Å². The molecular formula is C11H23N3O2S. The zero-order valence-corrected chi connectivity index (χ0v) is 11.3. The zero-order chi connectivity index (χ0) is 12.3. The molecule has 2 fully saturated rings. The average Bonchev–Trinajstić information content (AvgIpc) is 2.64. The van der Waals surface area contributed by atoms with Crippen LogP contribution in [0.2, 0.25) is 0 Å². The molecule has 17 heavy (non-hydrogen) atoms. The van der Waals surface area contributed by atoms with E-state index in [1.165, 1.54) is 19.1 Å². The second kappa shape index (κ2) is 5.65. The number of nitrogens with zero attached hydrogens (tertiary/aromatic N) is 1. The molecule has 1 atom stereocenters. The Morgan fingerprint density at radius 3 is 2.65 bits per heavy atom. The van der Waals surface area contributed by atoms with Crippen molar-refractivity contribution < 1.29 is 8.42 Å². The van der Waals surface area contributed by atoms with Gasteiger partial charge in [0.15, 0.2) is 0 Å². The van der Waals surface area contributed by atoms with E-state index in [1.54, 1.807) is 0 Å². The number of hydrogen-bond acceptors (Lipinski definition) is 4. The van der Waals surface area contributed by atoms with Gasteiger partial charge in [-0.05, 0) is 44.8 Å². The molecule has 0 saturated carbocycles.